The summed E-state index contributed by atoms with van der Waals surface area (Å²) in [7, 11) is 0. The SMILES string of the molecule is Cl.Cl.NC1CN(C(=O)OCc2ccccc2)C1C1CCCNC1. The molecule has 0 aromatic heterocycles. The number of nitrogens with one attached hydrogen (secondary N) is 1. The van der Waals surface area contributed by atoms with Gasteiger partial charge in [-0.2, -0.15) is 0 Å². The zero-order valence-electron chi connectivity index (χ0n) is 13.0. The maximum atomic E-state index is 12.2. The first-order valence-electron chi connectivity index (χ1n) is 7.69. The van der Waals surface area contributed by atoms with Crippen LogP contribution < -0.4 is 11.1 Å². The third-order valence-electron chi connectivity index (χ3n) is 4.46. The second-order valence-electron chi connectivity index (χ2n) is 5.95. The van der Waals surface area contributed by atoms with Crippen LogP contribution in [0, 0.1) is 5.92 Å². The number of ether oxygens (including phenoxy) is 1. The highest BCUT2D eigenvalue weighted by atomic mass is 35.5. The lowest BCUT2D eigenvalue weighted by molar-refractivity contribution is 0.00162. The maximum absolute atomic E-state index is 12.2. The highest BCUT2D eigenvalue weighted by Gasteiger charge is 2.45. The third kappa shape index (κ3) is 4.73. The van der Waals surface area contributed by atoms with Gasteiger partial charge in [-0.05, 0) is 37.4 Å². The Morgan fingerprint density at radius 1 is 1.30 bits per heavy atom. The predicted molar refractivity (Wildman–Crippen MR) is 95.2 cm³/mol. The number of halogens is 2. The predicted octanol–water partition coefficient (Wildman–Crippen LogP) is 2.18. The molecule has 1 aromatic rings. The molecule has 2 aliphatic rings. The minimum atomic E-state index is -0.240. The minimum Gasteiger partial charge on any atom is -0.445 e. The first-order valence-corrected chi connectivity index (χ1v) is 7.69. The monoisotopic (exact) mass is 361 g/mol. The zero-order chi connectivity index (χ0) is 14.7. The van der Waals surface area contributed by atoms with Crippen molar-refractivity contribution in [1.29, 1.82) is 0 Å². The van der Waals surface area contributed by atoms with Gasteiger partial charge in [0.25, 0.3) is 0 Å². The van der Waals surface area contributed by atoms with Gasteiger partial charge in [-0.3, -0.25) is 0 Å². The summed E-state index contributed by atoms with van der Waals surface area (Å²) in [6.45, 7) is 2.94. The Balaban J connectivity index is 0.00000132. The number of hydrogen-bond acceptors (Lipinski definition) is 4. The van der Waals surface area contributed by atoms with E-state index < -0.39 is 0 Å². The van der Waals surface area contributed by atoms with Crippen LogP contribution in [-0.2, 0) is 11.3 Å². The molecular formula is C16H25Cl2N3O2. The smallest absolute Gasteiger partial charge is 0.410 e. The van der Waals surface area contributed by atoms with Crippen LogP contribution in [0.15, 0.2) is 30.3 Å². The molecule has 7 heteroatoms. The molecule has 0 saturated carbocycles. The van der Waals surface area contributed by atoms with Crippen LogP contribution in [0.3, 0.4) is 0 Å². The Morgan fingerprint density at radius 3 is 2.65 bits per heavy atom. The molecule has 1 amide bonds. The summed E-state index contributed by atoms with van der Waals surface area (Å²) in [5, 5.41) is 3.39. The van der Waals surface area contributed by atoms with E-state index in [0.717, 1.165) is 31.5 Å². The standard InChI is InChI=1S/C16H23N3O2.2ClH/c17-14-10-19(15(14)13-7-4-8-18-9-13)16(20)21-11-12-5-2-1-3-6-12;;/h1-3,5-6,13-15,18H,4,7-11,17H2;2*1H. The van der Waals surface area contributed by atoms with E-state index in [1.807, 2.05) is 30.3 Å². The molecule has 5 nitrogen and oxygen atoms in total. The molecular weight excluding hydrogens is 337 g/mol. The van der Waals surface area contributed by atoms with E-state index in [-0.39, 0.29) is 43.0 Å². The van der Waals surface area contributed by atoms with E-state index in [4.69, 9.17) is 10.5 Å². The van der Waals surface area contributed by atoms with Gasteiger partial charge in [-0.1, -0.05) is 30.3 Å². The maximum Gasteiger partial charge on any atom is 0.410 e. The van der Waals surface area contributed by atoms with Crippen molar-refractivity contribution < 1.29 is 9.53 Å². The number of nitrogens with zero attached hydrogens (tertiary/aromatic N) is 1. The number of amides is 1. The lowest BCUT2D eigenvalue weighted by Gasteiger charge is -2.50. The van der Waals surface area contributed by atoms with Crippen LogP contribution in [0.2, 0.25) is 0 Å². The van der Waals surface area contributed by atoms with Crippen LogP contribution in [0.5, 0.6) is 0 Å². The quantitative estimate of drug-likeness (QED) is 0.865. The van der Waals surface area contributed by atoms with Crippen LogP contribution in [0.4, 0.5) is 4.79 Å². The zero-order valence-corrected chi connectivity index (χ0v) is 14.7. The van der Waals surface area contributed by atoms with Crippen molar-refractivity contribution in [2.75, 3.05) is 19.6 Å². The Bertz CT molecular complexity index is 483. The second-order valence-corrected chi connectivity index (χ2v) is 5.95. The summed E-state index contributed by atoms with van der Waals surface area (Å²) in [5.74, 6) is 0.451. The lowest BCUT2D eigenvalue weighted by Crippen LogP contribution is -2.69. The topological polar surface area (TPSA) is 67.6 Å². The Hall–Kier alpha value is -1.01. The van der Waals surface area contributed by atoms with E-state index in [0.29, 0.717) is 19.1 Å². The van der Waals surface area contributed by atoms with E-state index in [1.165, 1.54) is 0 Å². The van der Waals surface area contributed by atoms with Gasteiger partial charge >= 0.3 is 6.09 Å². The summed E-state index contributed by atoms with van der Waals surface area (Å²) in [6, 6.07) is 9.96. The van der Waals surface area contributed by atoms with Crippen molar-refractivity contribution in [3.05, 3.63) is 35.9 Å². The molecule has 3 atom stereocenters. The number of rotatable bonds is 3. The molecule has 130 valence electrons. The fraction of sp³-hybridized carbons (Fsp3) is 0.562. The van der Waals surface area contributed by atoms with E-state index in [9.17, 15) is 4.79 Å². The summed E-state index contributed by atoms with van der Waals surface area (Å²) in [4.78, 5) is 14.0. The number of likely N-dealkylation sites (tertiary alicyclic amines) is 1. The molecule has 0 spiro atoms. The van der Waals surface area contributed by atoms with Gasteiger partial charge in [0.2, 0.25) is 0 Å². The molecule has 3 rings (SSSR count). The van der Waals surface area contributed by atoms with Crippen molar-refractivity contribution in [1.82, 2.24) is 10.2 Å². The van der Waals surface area contributed by atoms with Crippen LogP contribution in [-0.4, -0.2) is 42.7 Å². The van der Waals surface area contributed by atoms with Crippen molar-refractivity contribution >= 4 is 30.9 Å². The molecule has 2 aliphatic heterocycles. The largest absolute Gasteiger partial charge is 0.445 e. The number of piperidine rings is 1. The number of nitrogens with two attached hydrogens (primary N) is 1. The normalized spacial score (nSPS) is 26.3. The Labute approximate surface area is 149 Å². The summed E-state index contributed by atoms with van der Waals surface area (Å²) >= 11 is 0. The van der Waals surface area contributed by atoms with E-state index in [1.54, 1.807) is 4.90 Å². The molecule has 2 fully saturated rings. The minimum absolute atomic E-state index is 0. The summed E-state index contributed by atoms with van der Waals surface area (Å²) < 4.78 is 5.41. The molecule has 2 saturated heterocycles. The summed E-state index contributed by atoms with van der Waals surface area (Å²) in [6.07, 6.45) is 2.05. The average molecular weight is 362 g/mol. The number of hydrogen-bond donors (Lipinski definition) is 2. The fourth-order valence-corrected chi connectivity index (χ4v) is 3.32. The third-order valence-corrected chi connectivity index (χ3v) is 4.46. The molecule has 3 N–H and O–H groups in total. The van der Waals surface area contributed by atoms with Gasteiger partial charge in [0.1, 0.15) is 6.61 Å². The first-order chi connectivity index (χ1) is 10.3. The highest BCUT2D eigenvalue weighted by molar-refractivity contribution is 5.85. The van der Waals surface area contributed by atoms with Crippen molar-refractivity contribution in [3.63, 3.8) is 0 Å². The molecule has 0 radical (unpaired) electrons. The molecule has 2 heterocycles. The van der Waals surface area contributed by atoms with Crippen LogP contribution in [0.25, 0.3) is 0 Å². The molecule has 23 heavy (non-hydrogen) atoms. The number of carbonyl (C=O) groups excluding carboxylic acids is 1. The van der Waals surface area contributed by atoms with Gasteiger partial charge in [0.05, 0.1) is 6.04 Å². The molecule has 3 unspecified atom stereocenters. The van der Waals surface area contributed by atoms with Gasteiger partial charge in [0, 0.05) is 12.6 Å². The van der Waals surface area contributed by atoms with E-state index >= 15 is 0 Å². The fourth-order valence-electron chi connectivity index (χ4n) is 3.32. The number of carbonyl (C=O) groups is 1. The van der Waals surface area contributed by atoms with Crippen LogP contribution in [0.1, 0.15) is 18.4 Å². The van der Waals surface area contributed by atoms with Crippen molar-refractivity contribution in [2.45, 2.75) is 31.5 Å². The second kappa shape index (κ2) is 9.33. The van der Waals surface area contributed by atoms with Gasteiger partial charge in [0.15, 0.2) is 0 Å². The molecule has 0 aliphatic carbocycles. The average Bonchev–Trinajstić information content (AvgIpc) is 2.52. The van der Waals surface area contributed by atoms with Gasteiger partial charge in [-0.15, -0.1) is 24.8 Å². The van der Waals surface area contributed by atoms with Crippen LogP contribution >= 0.6 is 24.8 Å². The van der Waals surface area contributed by atoms with Gasteiger partial charge in [-0.25, -0.2) is 4.79 Å². The molecule has 1 aromatic carbocycles. The van der Waals surface area contributed by atoms with E-state index in [2.05, 4.69) is 5.32 Å². The molecule has 0 bridgehead atoms. The Morgan fingerprint density at radius 2 is 2.04 bits per heavy atom. The highest BCUT2D eigenvalue weighted by Crippen LogP contribution is 2.29. The summed E-state index contributed by atoms with van der Waals surface area (Å²) in [5.41, 5.74) is 7.12. The van der Waals surface area contributed by atoms with Crippen molar-refractivity contribution in [3.8, 4) is 0 Å². The number of benzene rings is 1. The Kier molecular flexibility index (Phi) is 8.12. The van der Waals surface area contributed by atoms with Gasteiger partial charge < -0.3 is 20.7 Å². The van der Waals surface area contributed by atoms with Crippen molar-refractivity contribution in [2.24, 2.45) is 11.7 Å². The lowest BCUT2D eigenvalue weighted by atomic mass is 9.81. The first kappa shape index (κ1) is 20.0.